The van der Waals surface area contributed by atoms with E-state index >= 15 is 0 Å². The van der Waals surface area contributed by atoms with Gasteiger partial charge in [-0.2, -0.15) is 0 Å². The van der Waals surface area contributed by atoms with Crippen molar-refractivity contribution >= 4 is 49.4 Å². The monoisotopic (exact) mass is 801 g/mol. The van der Waals surface area contributed by atoms with Crippen LogP contribution in [0.3, 0.4) is 0 Å². The highest BCUT2D eigenvalue weighted by Gasteiger charge is 2.41. The van der Waals surface area contributed by atoms with E-state index in [9.17, 15) is 0 Å². The normalized spacial score (nSPS) is 14.2. The maximum atomic E-state index is 2.45. The van der Waals surface area contributed by atoms with E-state index < -0.39 is 0 Å². The quantitative estimate of drug-likeness (QED) is 0.145. The molecule has 0 spiro atoms. The van der Waals surface area contributed by atoms with Crippen LogP contribution >= 0.6 is 0 Å². The van der Waals surface area contributed by atoms with Gasteiger partial charge in [0.15, 0.2) is 0 Å². The molecule has 11 aromatic rings. The predicted octanol–water partition coefficient (Wildman–Crippen LogP) is 17.0. The van der Waals surface area contributed by atoms with Crippen molar-refractivity contribution in [1.82, 2.24) is 0 Å². The van der Waals surface area contributed by atoms with Crippen LogP contribution in [0, 0.1) is 0 Å². The van der Waals surface area contributed by atoms with Crippen LogP contribution in [0.2, 0.25) is 0 Å². The molecule has 0 aliphatic heterocycles. The van der Waals surface area contributed by atoms with Crippen LogP contribution in [-0.2, 0) is 5.41 Å². The smallest absolute Gasteiger partial charge is 0.0468 e. The maximum Gasteiger partial charge on any atom is 0.0468 e. The molecule has 0 saturated heterocycles. The summed E-state index contributed by atoms with van der Waals surface area (Å²) in [6, 6.07) is 89.4. The topological polar surface area (TPSA) is 3.24 Å². The number of hydrogen-bond acceptors (Lipinski definition) is 1. The summed E-state index contributed by atoms with van der Waals surface area (Å²) in [5.74, 6) is 0. The lowest BCUT2D eigenvalue weighted by Crippen LogP contribution is -2.22. The van der Waals surface area contributed by atoms with Crippen molar-refractivity contribution in [3.05, 3.63) is 259 Å². The molecule has 1 heteroatoms. The van der Waals surface area contributed by atoms with Gasteiger partial charge in [-0.15, -0.1) is 0 Å². The van der Waals surface area contributed by atoms with Crippen molar-refractivity contribution in [2.75, 3.05) is 4.90 Å². The van der Waals surface area contributed by atoms with Gasteiger partial charge in [0.05, 0.1) is 0 Å². The Balaban J connectivity index is 1.07. The molecule has 0 fully saturated rings. The molecular weight excluding hydrogens is 759 g/mol. The lowest BCUT2D eigenvalue weighted by Gasteiger charge is -2.31. The van der Waals surface area contributed by atoms with Crippen LogP contribution in [0.1, 0.15) is 23.6 Å². The van der Waals surface area contributed by atoms with Crippen LogP contribution in [0.4, 0.5) is 17.1 Å². The molecule has 296 valence electrons. The summed E-state index contributed by atoms with van der Waals surface area (Å²) in [4.78, 5) is 2.45. The van der Waals surface area contributed by atoms with Crippen molar-refractivity contribution in [2.24, 2.45) is 0 Å². The second-order valence-corrected chi connectivity index (χ2v) is 17.0. The van der Waals surface area contributed by atoms with E-state index in [4.69, 9.17) is 0 Å². The average molecular weight is 802 g/mol. The lowest BCUT2D eigenvalue weighted by molar-refractivity contribution is 0.714. The highest BCUT2D eigenvalue weighted by Crippen LogP contribution is 2.54. The van der Waals surface area contributed by atoms with Gasteiger partial charge >= 0.3 is 0 Å². The van der Waals surface area contributed by atoms with E-state index in [0.717, 1.165) is 22.6 Å². The molecule has 12 rings (SSSR count). The first-order valence-corrected chi connectivity index (χ1v) is 21.9. The first-order valence-electron chi connectivity index (χ1n) is 21.9. The van der Waals surface area contributed by atoms with Gasteiger partial charge < -0.3 is 4.90 Å². The van der Waals surface area contributed by atoms with Gasteiger partial charge in [-0.25, -0.2) is 0 Å². The van der Waals surface area contributed by atoms with Crippen LogP contribution in [0.25, 0.3) is 76.8 Å². The molecule has 0 heterocycles. The highest BCUT2D eigenvalue weighted by molar-refractivity contribution is 6.22. The van der Waals surface area contributed by atoms with Gasteiger partial charge in [0.2, 0.25) is 0 Å². The van der Waals surface area contributed by atoms with E-state index in [1.807, 2.05) is 0 Å². The summed E-state index contributed by atoms with van der Waals surface area (Å²) in [7, 11) is 0. The molecule has 1 nitrogen and oxygen atoms in total. The number of benzene rings is 11. The van der Waals surface area contributed by atoms with Crippen LogP contribution in [0.15, 0.2) is 243 Å². The molecule has 1 atom stereocenters. The third-order valence-corrected chi connectivity index (χ3v) is 13.5. The Morgan fingerprint density at radius 1 is 0.302 bits per heavy atom. The van der Waals surface area contributed by atoms with E-state index in [1.165, 1.54) is 88.0 Å². The molecule has 0 radical (unpaired) electrons. The molecule has 0 N–H and O–H groups in total. The second-order valence-electron chi connectivity index (χ2n) is 17.0. The zero-order valence-electron chi connectivity index (χ0n) is 35.0. The fourth-order valence-corrected chi connectivity index (χ4v) is 10.5. The second kappa shape index (κ2) is 14.9. The number of fused-ring (bicyclic) bond motifs is 7. The summed E-state index contributed by atoms with van der Waals surface area (Å²) < 4.78 is 0. The summed E-state index contributed by atoms with van der Waals surface area (Å²) in [5.41, 5.74) is 16.9. The van der Waals surface area contributed by atoms with Crippen molar-refractivity contribution in [3.8, 4) is 44.5 Å². The lowest BCUT2D eigenvalue weighted by atomic mass is 9.74. The first-order chi connectivity index (χ1) is 31.1. The third kappa shape index (κ3) is 6.00. The SMILES string of the molecule is CC1(c2ccccc2)c2ccccc2-c2ccc(N(c3cccc(-c4ccc5c(c4)c(-c4ccccc4)c(-c4ccccc4)c4ccccc45)c3)c3ccc4ccccc4c3)cc21. The van der Waals surface area contributed by atoms with Gasteiger partial charge in [-0.3, -0.25) is 0 Å². The minimum atomic E-state index is -0.315. The largest absolute Gasteiger partial charge is 0.310 e. The molecule has 11 aromatic carbocycles. The maximum absolute atomic E-state index is 2.45. The Morgan fingerprint density at radius 2 is 0.841 bits per heavy atom. The van der Waals surface area contributed by atoms with Crippen molar-refractivity contribution in [3.63, 3.8) is 0 Å². The Kier molecular flexibility index (Phi) is 8.69. The summed E-state index contributed by atoms with van der Waals surface area (Å²) in [6.07, 6.45) is 0. The van der Waals surface area contributed by atoms with Gasteiger partial charge in [0, 0.05) is 22.5 Å². The van der Waals surface area contributed by atoms with Crippen molar-refractivity contribution in [1.29, 1.82) is 0 Å². The van der Waals surface area contributed by atoms with E-state index in [2.05, 4.69) is 254 Å². The van der Waals surface area contributed by atoms with Crippen molar-refractivity contribution in [2.45, 2.75) is 12.3 Å². The predicted molar refractivity (Wildman–Crippen MR) is 267 cm³/mol. The molecule has 63 heavy (non-hydrogen) atoms. The van der Waals surface area contributed by atoms with E-state index in [0.29, 0.717) is 0 Å². The Bertz CT molecular complexity index is 3520. The summed E-state index contributed by atoms with van der Waals surface area (Å²) in [5, 5.41) is 7.45. The van der Waals surface area contributed by atoms with Gasteiger partial charge in [0.1, 0.15) is 0 Å². The molecular formula is C62H43N. The third-order valence-electron chi connectivity index (χ3n) is 13.5. The number of rotatable bonds is 7. The van der Waals surface area contributed by atoms with Gasteiger partial charge in [0.25, 0.3) is 0 Å². The molecule has 0 aromatic heterocycles. The number of hydrogen-bond donors (Lipinski definition) is 0. The fraction of sp³-hybridized carbons (Fsp3) is 0.0323. The fourth-order valence-electron chi connectivity index (χ4n) is 10.5. The van der Waals surface area contributed by atoms with Gasteiger partial charge in [-0.05, 0) is 143 Å². The standard InChI is InChI=1S/C62H43N/c1-62(48-25-9-4-10-26-48)58-31-16-15-29-54(58)55-37-35-51(41-59(55)62)63(50-34-32-42-18-11-12-23-45(42)38-50)49-27-17-24-46(39-49)47-33-36-53-52-28-13-14-30-56(52)60(43-19-5-2-6-20-43)61(57(53)40-47)44-21-7-3-8-22-44/h2-41H,1H3. The molecule has 0 saturated carbocycles. The minimum Gasteiger partial charge on any atom is -0.310 e. The zero-order chi connectivity index (χ0) is 41.9. The zero-order valence-corrected chi connectivity index (χ0v) is 35.0. The van der Waals surface area contributed by atoms with Crippen LogP contribution in [-0.4, -0.2) is 0 Å². The van der Waals surface area contributed by atoms with E-state index in [-0.39, 0.29) is 5.41 Å². The van der Waals surface area contributed by atoms with Gasteiger partial charge in [-0.1, -0.05) is 200 Å². The molecule has 1 aliphatic carbocycles. The Labute approximate surface area is 368 Å². The minimum absolute atomic E-state index is 0.315. The van der Waals surface area contributed by atoms with Crippen LogP contribution < -0.4 is 4.90 Å². The first kappa shape index (κ1) is 36.8. The number of anilines is 3. The highest BCUT2D eigenvalue weighted by atomic mass is 15.1. The molecule has 1 aliphatic rings. The molecule has 0 amide bonds. The van der Waals surface area contributed by atoms with Crippen LogP contribution in [0.5, 0.6) is 0 Å². The number of nitrogens with zero attached hydrogens (tertiary/aromatic N) is 1. The molecule has 0 bridgehead atoms. The van der Waals surface area contributed by atoms with Crippen molar-refractivity contribution < 1.29 is 0 Å². The average Bonchev–Trinajstić information content (AvgIpc) is 3.62. The molecule has 1 unspecified atom stereocenters. The Morgan fingerprint density at radius 3 is 1.62 bits per heavy atom. The summed E-state index contributed by atoms with van der Waals surface area (Å²) in [6.45, 7) is 2.40. The summed E-state index contributed by atoms with van der Waals surface area (Å²) >= 11 is 0. The Hall–Kier alpha value is -8.00. The van der Waals surface area contributed by atoms with E-state index in [1.54, 1.807) is 0 Å².